The van der Waals surface area contributed by atoms with E-state index in [4.69, 9.17) is 4.74 Å². The number of aliphatic hydroxyl groups is 1. The summed E-state index contributed by atoms with van der Waals surface area (Å²) >= 11 is 0. The van der Waals surface area contributed by atoms with Gasteiger partial charge in [-0.25, -0.2) is 4.79 Å². The number of likely N-dealkylation sites (tertiary alicyclic amines) is 1. The fraction of sp³-hybridized carbons (Fsp3) is 0.611. The molecule has 1 aliphatic rings. The van der Waals surface area contributed by atoms with Gasteiger partial charge in [-0.05, 0) is 56.7 Å². The molecule has 0 aromatic heterocycles. The first-order chi connectivity index (χ1) is 11.1. The third kappa shape index (κ3) is 5.43. The Labute approximate surface area is 138 Å². The van der Waals surface area contributed by atoms with Crippen molar-refractivity contribution in [3.63, 3.8) is 0 Å². The number of urea groups is 1. The number of aliphatic hydroxyl groups excluding tert-OH is 1. The average molecular weight is 320 g/mol. The zero-order valence-corrected chi connectivity index (χ0v) is 14.1. The molecular weight excluding hydrogens is 292 g/mol. The summed E-state index contributed by atoms with van der Waals surface area (Å²) in [6.07, 6.45) is 2.26. The van der Waals surface area contributed by atoms with Crippen molar-refractivity contribution in [2.75, 3.05) is 26.2 Å². The third-order valence-corrected chi connectivity index (χ3v) is 4.41. The maximum atomic E-state index is 12.2. The van der Waals surface area contributed by atoms with Gasteiger partial charge in [0.05, 0.1) is 12.7 Å². The average Bonchev–Trinajstić information content (AvgIpc) is 2.55. The Morgan fingerprint density at radius 2 is 2.17 bits per heavy atom. The normalized spacial score (nSPS) is 16.9. The summed E-state index contributed by atoms with van der Waals surface area (Å²) in [5, 5.41) is 12.6. The molecule has 0 spiro atoms. The van der Waals surface area contributed by atoms with Crippen LogP contribution in [-0.4, -0.2) is 48.4 Å². The fourth-order valence-corrected chi connectivity index (χ4v) is 2.97. The number of nitrogens with zero attached hydrogens (tertiary/aromatic N) is 1. The fourth-order valence-electron chi connectivity index (χ4n) is 2.97. The van der Waals surface area contributed by atoms with E-state index in [0.29, 0.717) is 19.1 Å². The second-order valence-corrected chi connectivity index (χ2v) is 6.13. The molecule has 0 saturated carbocycles. The van der Waals surface area contributed by atoms with Crippen molar-refractivity contribution >= 4 is 6.03 Å². The van der Waals surface area contributed by atoms with Gasteiger partial charge in [0.15, 0.2) is 0 Å². The van der Waals surface area contributed by atoms with Crippen molar-refractivity contribution in [1.29, 1.82) is 0 Å². The van der Waals surface area contributed by atoms with Crippen molar-refractivity contribution in [1.82, 2.24) is 10.2 Å². The Morgan fingerprint density at radius 1 is 1.43 bits per heavy atom. The van der Waals surface area contributed by atoms with Crippen LogP contribution in [0.4, 0.5) is 4.79 Å². The van der Waals surface area contributed by atoms with Gasteiger partial charge in [0.1, 0.15) is 5.75 Å². The minimum atomic E-state index is -0.280. The van der Waals surface area contributed by atoms with E-state index in [9.17, 15) is 9.90 Å². The minimum absolute atomic E-state index is 0.00462. The summed E-state index contributed by atoms with van der Waals surface area (Å²) in [5.74, 6) is 1.19. The van der Waals surface area contributed by atoms with Gasteiger partial charge in [-0.3, -0.25) is 0 Å². The molecule has 1 atom stereocenters. The highest BCUT2D eigenvalue weighted by Gasteiger charge is 2.25. The molecule has 5 heteroatoms. The Balaban J connectivity index is 1.72. The molecule has 1 unspecified atom stereocenters. The number of hydrogen-bond donors (Lipinski definition) is 2. The van der Waals surface area contributed by atoms with E-state index in [0.717, 1.165) is 43.7 Å². The summed E-state index contributed by atoms with van der Waals surface area (Å²) in [6.45, 7) is 6.51. The number of nitrogens with one attached hydrogen (secondary N) is 1. The van der Waals surface area contributed by atoms with Gasteiger partial charge < -0.3 is 20.1 Å². The summed E-state index contributed by atoms with van der Waals surface area (Å²) < 4.78 is 5.48. The molecule has 2 N–H and O–H groups in total. The van der Waals surface area contributed by atoms with Gasteiger partial charge in [0.2, 0.25) is 0 Å². The molecule has 0 bridgehead atoms. The van der Waals surface area contributed by atoms with Crippen LogP contribution in [0.25, 0.3) is 0 Å². The smallest absolute Gasteiger partial charge is 0.317 e. The number of carbonyl (C=O) groups excluding carboxylic acids is 1. The van der Waals surface area contributed by atoms with Crippen LogP contribution in [0.1, 0.15) is 32.3 Å². The third-order valence-electron chi connectivity index (χ3n) is 4.41. The second-order valence-electron chi connectivity index (χ2n) is 6.13. The van der Waals surface area contributed by atoms with Crippen molar-refractivity contribution in [2.45, 2.75) is 39.2 Å². The van der Waals surface area contributed by atoms with E-state index >= 15 is 0 Å². The molecule has 1 aromatic rings. The Kier molecular flexibility index (Phi) is 6.71. The number of rotatable bonds is 6. The van der Waals surface area contributed by atoms with E-state index in [1.807, 2.05) is 43.0 Å². The first kappa shape index (κ1) is 17.6. The van der Waals surface area contributed by atoms with Crippen molar-refractivity contribution in [3.8, 4) is 5.75 Å². The van der Waals surface area contributed by atoms with Crippen LogP contribution >= 0.6 is 0 Å². The van der Waals surface area contributed by atoms with Crippen molar-refractivity contribution in [3.05, 3.63) is 29.8 Å². The van der Waals surface area contributed by atoms with Crippen molar-refractivity contribution < 1.29 is 14.6 Å². The van der Waals surface area contributed by atoms with Gasteiger partial charge in [0.25, 0.3) is 0 Å². The molecule has 0 aliphatic carbocycles. The predicted molar refractivity (Wildman–Crippen MR) is 90.7 cm³/mol. The molecule has 23 heavy (non-hydrogen) atoms. The van der Waals surface area contributed by atoms with Crippen molar-refractivity contribution in [2.24, 2.45) is 5.92 Å². The van der Waals surface area contributed by atoms with Crippen LogP contribution in [0, 0.1) is 5.92 Å². The number of carbonyl (C=O) groups is 1. The molecule has 5 nitrogen and oxygen atoms in total. The van der Waals surface area contributed by atoms with Gasteiger partial charge in [-0.15, -0.1) is 0 Å². The first-order valence-corrected chi connectivity index (χ1v) is 8.52. The zero-order chi connectivity index (χ0) is 16.7. The molecule has 2 rings (SSSR count). The maximum absolute atomic E-state index is 12.2. The molecule has 1 aliphatic heterocycles. The second kappa shape index (κ2) is 8.77. The summed E-state index contributed by atoms with van der Waals surface area (Å²) in [5.41, 5.74) is 1.16. The first-order valence-electron chi connectivity index (χ1n) is 8.52. The number of hydrogen-bond acceptors (Lipinski definition) is 3. The summed E-state index contributed by atoms with van der Waals surface area (Å²) in [7, 11) is 0. The van der Waals surface area contributed by atoms with Gasteiger partial charge in [-0.2, -0.15) is 0 Å². The highest BCUT2D eigenvalue weighted by molar-refractivity contribution is 5.74. The SMILES string of the molecule is CCOc1cccc(CCNC(=O)N2CCC(C(C)O)CC2)c1. The highest BCUT2D eigenvalue weighted by atomic mass is 16.5. The quantitative estimate of drug-likeness (QED) is 0.846. The lowest BCUT2D eigenvalue weighted by atomic mass is 9.92. The largest absolute Gasteiger partial charge is 0.494 e. The van der Waals surface area contributed by atoms with Gasteiger partial charge in [-0.1, -0.05) is 12.1 Å². The molecule has 1 saturated heterocycles. The molecule has 1 aromatic carbocycles. The Bertz CT molecular complexity index is 497. The minimum Gasteiger partial charge on any atom is -0.494 e. The molecule has 0 radical (unpaired) electrons. The lowest BCUT2D eigenvalue weighted by molar-refractivity contribution is 0.0799. The number of benzene rings is 1. The van der Waals surface area contributed by atoms with Crippen LogP contribution in [0.15, 0.2) is 24.3 Å². The van der Waals surface area contributed by atoms with E-state index in [1.165, 1.54) is 0 Å². The highest BCUT2D eigenvalue weighted by Crippen LogP contribution is 2.20. The summed E-state index contributed by atoms with van der Waals surface area (Å²) in [4.78, 5) is 14.0. The van der Waals surface area contributed by atoms with E-state index < -0.39 is 0 Å². The Morgan fingerprint density at radius 3 is 2.83 bits per heavy atom. The number of amides is 2. The van der Waals surface area contributed by atoms with Crippen LogP contribution < -0.4 is 10.1 Å². The molecule has 128 valence electrons. The van der Waals surface area contributed by atoms with Crippen LogP contribution in [0.2, 0.25) is 0 Å². The topological polar surface area (TPSA) is 61.8 Å². The predicted octanol–water partition coefficient (Wildman–Crippen LogP) is 2.43. The van der Waals surface area contributed by atoms with Gasteiger partial charge >= 0.3 is 6.03 Å². The zero-order valence-electron chi connectivity index (χ0n) is 14.1. The van der Waals surface area contributed by atoms with E-state index in [1.54, 1.807) is 0 Å². The van der Waals surface area contributed by atoms with E-state index in [-0.39, 0.29) is 12.1 Å². The number of ether oxygens (including phenoxy) is 1. The van der Waals surface area contributed by atoms with Crippen LogP contribution in [0.5, 0.6) is 5.75 Å². The summed E-state index contributed by atoms with van der Waals surface area (Å²) in [6, 6.07) is 7.97. The molecular formula is C18H28N2O3. The lowest BCUT2D eigenvalue weighted by Crippen LogP contribution is -2.46. The van der Waals surface area contributed by atoms with Crippen LogP contribution in [-0.2, 0) is 6.42 Å². The molecule has 1 fully saturated rings. The lowest BCUT2D eigenvalue weighted by Gasteiger charge is -2.33. The van der Waals surface area contributed by atoms with E-state index in [2.05, 4.69) is 5.32 Å². The molecule has 2 amide bonds. The molecule has 1 heterocycles. The number of piperidine rings is 1. The standard InChI is InChI=1S/C18H28N2O3/c1-3-23-17-6-4-5-15(13-17)7-10-19-18(22)20-11-8-16(9-12-20)14(2)21/h4-6,13-14,16,21H,3,7-12H2,1-2H3,(H,19,22). The Hall–Kier alpha value is -1.75. The monoisotopic (exact) mass is 320 g/mol. The van der Waals surface area contributed by atoms with Crippen LogP contribution in [0.3, 0.4) is 0 Å². The van der Waals surface area contributed by atoms with Gasteiger partial charge in [0, 0.05) is 19.6 Å². The maximum Gasteiger partial charge on any atom is 0.317 e.